The van der Waals surface area contributed by atoms with E-state index in [2.05, 4.69) is 106 Å². The first kappa shape index (κ1) is 33.4. The van der Waals surface area contributed by atoms with E-state index < -0.39 is 16.1 Å². The smallest absolute Gasteiger partial charge is 0.146 e. The Morgan fingerprint density at radius 2 is 0.595 bits per heavy atom. The molecule has 0 fully saturated rings. The minimum atomic E-state index is -2.02. The molecule has 0 unspecified atom stereocenters. The van der Waals surface area contributed by atoms with Crippen molar-refractivity contribution in [1.29, 1.82) is 0 Å². The molecule has 6 heteroatoms. The topological polar surface area (TPSA) is 104 Å². The third kappa shape index (κ3) is 5.52. The lowest BCUT2D eigenvalue weighted by Crippen LogP contribution is -2.43. The van der Waals surface area contributed by atoms with Crippen molar-refractivity contribution in [3.63, 3.8) is 0 Å². The highest BCUT2D eigenvalue weighted by atomic mass is 28.3. The fourth-order valence-corrected chi connectivity index (χ4v) is 18.3. The zero-order valence-electron chi connectivity index (χ0n) is 28.1. The van der Waals surface area contributed by atoms with Gasteiger partial charge in [0.2, 0.25) is 0 Å². The van der Waals surface area contributed by atoms with Gasteiger partial charge in [0.25, 0.3) is 0 Å². The molecule has 0 bridgehead atoms. The van der Waals surface area contributed by atoms with Gasteiger partial charge in [-0.15, -0.1) is 11.1 Å². The summed E-state index contributed by atoms with van der Waals surface area (Å²) in [5.41, 5.74) is 40.8. The van der Waals surface area contributed by atoms with Gasteiger partial charge in [0, 0.05) is 32.7 Å². The highest BCUT2D eigenvalue weighted by Crippen LogP contribution is 2.44. The Labute approximate surface area is 257 Å². The summed E-state index contributed by atoms with van der Waals surface area (Å²) in [7, 11) is -4.04. The number of rotatable bonds is 6. The van der Waals surface area contributed by atoms with Gasteiger partial charge >= 0.3 is 0 Å². The predicted octanol–water partition coefficient (Wildman–Crippen LogP) is 9.46. The number of nitrogens with two attached hydrogens (primary N) is 4. The Balaban J connectivity index is 2.63. The van der Waals surface area contributed by atoms with E-state index >= 15 is 0 Å². The van der Waals surface area contributed by atoms with Crippen molar-refractivity contribution < 1.29 is 0 Å². The van der Waals surface area contributed by atoms with Crippen LogP contribution in [-0.4, -0.2) is 16.1 Å². The zero-order chi connectivity index (χ0) is 31.9. The summed E-state index contributed by atoms with van der Waals surface area (Å²) in [5.74, 6) is 7.49. The molecule has 42 heavy (non-hydrogen) atoms. The lowest BCUT2D eigenvalue weighted by atomic mass is 9.91. The highest BCUT2D eigenvalue weighted by molar-refractivity contribution is 6.91. The molecule has 3 aromatic rings. The van der Waals surface area contributed by atoms with E-state index in [1.54, 1.807) is 0 Å². The summed E-state index contributed by atoms with van der Waals surface area (Å²) in [6, 6.07) is 7.92. The molecule has 8 N–H and O–H groups in total. The van der Waals surface area contributed by atoms with Gasteiger partial charge in [-0.1, -0.05) is 94.9 Å². The maximum atomic E-state index is 6.45. The summed E-state index contributed by atoms with van der Waals surface area (Å²) in [6.07, 6.45) is 0. The Morgan fingerprint density at radius 3 is 0.762 bits per heavy atom. The molecule has 0 aliphatic heterocycles. The Bertz CT molecular complexity index is 1380. The van der Waals surface area contributed by atoms with E-state index in [9.17, 15) is 0 Å². The molecule has 226 valence electrons. The number of anilines is 4. The first-order valence-electron chi connectivity index (χ1n) is 15.6. The van der Waals surface area contributed by atoms with Crippen LogP contribution in [-0.2, 0) is 0 Å². The van der Waals surface area contributed by atoms with Crippen LogP contribution in [0.2, 0.25) is 33.2 Å². The SMILES string of the molecule is CC(C)[Si](C#Cc1c2cc(N)c(N)cc2c(C#C[Si](C(C)C)(C(C)C)C(C)C)c2cc(N)c(N)cc12)(C(C)C)C(C)C. The lowest BCUT2D eigenvalue weighted by Gasteiger charge is -2.38. The predicted molar refractivity (Wildman–Crippen MR) is 195 cm³/mol. The number of hydrogen-bond acceptors (Lipinski definition) is 4. The molecular formula is C36H54N4Si2. The van der Waals surface area contributed by atoms with E-state index in [1.165, 1.54) is 0 Å². The van der Waals surface area contributed by atoms with Crippen LogP contribution in [0.15, 0.2) is 24.3 Å². The third-order valence-corrected chi connectivity index (χ3v) is 22.6. The normalized spacial score (nSPS) is 12.6. The monoisotopic (exact) mass is 598 g/mol. The van der Waals surface area contributed by atoms with Gasteiger partial charge in [-0.3, -0.25) is 0 Å². The first-order chi connectivity index (χ1) is 19.4. The van der Waals surface area contributed by atoms with Crippen LogP contribution in [0.3, 0.4) is 0 Å². The van der Waals surface area contributed by atoms with Gasteiger partial charge in [-0.25, -0.2) is 0 Å². The van der Waals surface area contributed by atoms with Gasteiger partial charge in [-0.05, 0) is 57.5 Å². The van der Waals surface area contributed by atoms with E-state index in [4.69, 9.17) is 22.9 Å². The van der Waals surface area contributed by atoms with Crippen LogP contribution in [0.4, 0.5) is 22.7 Å². The maximum Gasteiger partial charge on any atom is 0.146 e. The Kier molecular flexibility index (Phi) is 9.77. The molecule has 4 nitrogen and oxygen atoms in total. The van der Waals surface area contributed by atoms with Gasteiger partial charge in [0.05, 0.1) is 22.7 Å². The fourth-order valence-electron chi connectivity index (χ4n) is 7.86. The number of hydrogen-bond donors (Lipinski definition) is 4. The van der Waals surface area contributed by atoms with Crippen molar-refractivity contribution in [2.24, 2.45) is 0 Å². The van der Waals surface area contributed by atoms with Crippen molar-refractivity contribution >= 4 is 60.4 Å². The first-order valence-corrected chi connectivity index (χ1v) is 20.1. The zero-order valence-corrected chi connectivity index (χ0v) is 30.1. The van der Waals surface area contributed by atoms with Crippen molar-refractivity contribution in [3.8, 4) is 22.9 Å². The fraction of sp³-hybridized carbons (Fsp3) is 0.500. The van der Waals surface area contributed by atoms with Gasteiger partial charge < -0.3 is 22.9 Å². The van der Waals surface area contributed by atoms with Gasteiger partial charge in [-0.2, -0.15) is 0 Å². The van der Waals surface area contributed by atoms with Crippen molar-refractivity contribution in [2.75, 3.05) is 22.9 Å². The van der Waals surface area contributed by atoms with Gasteiger partial charge in [0.15, 0.2) is 0 Å². The Morgan fingerprint density at radius 1 is 0.405 bits per heavy atom. The quantitative estimate of drug-likeness (QED) is 0.0981. The third-order valence-electron chi connectivity index (χ3n) is 10.1. The minimum absolute atomic E-state index is 0.510. The van der Waals surface area contributed by atoms with Crippen molar-refractivity contribution in [1.82, 2.24) is 0 Å². The van der Waals surface area contributed by atoms with Crippen LogP contribution in [0.25, 0.3) is 21.5 Å². The summed E-state index contributed by atoms with van der Waals surface area (Å²) in [6.45, 7) is 28.0. The molecule has 3 aromatic carbocycles. The molecule has 0 radical (unpaired) electrons. The molecule has 0 saturated heterocycles. The molecule has 0 saturated carbocycles. The standard InChI is InChI=1S/C36H54N4Si2/c1-21(2)41(22(3)4,23(5)6)15-13-27-29-17-33(37)35(39)19-31(29)28(32-20-36(40)34(38)18-30(27)32)14-16-42(24(7)8,25(9)10)26(11)12/h17-26H,37-40H2,1-12H3. The molecular weight excluding hydrogens is 545 g/mol. The number of fused-ring (bicyclic) bond motifs is 2. The van der Waals surface area contributed by atoms with E-state index in [-0.39, 0.29) is 0 Å². The second-order valence-electron chi connectivity index (χ2n) is 14.1. The van der Waals surface area contributed by atoms with Crippen LogP contribution >= 0.6 is 0 Å². The van der Waals surface area contributed by atoms with Crippen LogP contribution in [0, 0.1) is 22.9 Å². The van der Waals surface area contributed by atoms with Crippen LogP contribution in [0.1, 0.15) is 94.2 Å². The van der Waals surface area contributed by atoms with Crippen LogP contribution in [0.5, 0.6) is 0 Å². The second kappa shape index (κ2) is 12.3. The average Bonchev–Trinajstić information content (AvgIpc) is 2.86. The summed E-state index contributed by atoms with van der Waals surface area (Å²) in [4.78, 5) is 0. The van der Waals surface area contributed by atoms with E-state index in [0.717, 1.165) is 32.7 Å². The summed E-state index contributed by atoms with van der Waals surface area (Å²) < 4.78 is 0. The molecule has 0 amide bonds. The van der Waals surface area contributed by atoms with Crippen LogP contribution < -0.4 is 22.9 Å². The Hall–Kier alpha value is -3.07. The molecule has 3 rings (SSSR count). The maximum absolute atomic E-state index is 6.45. The number of benzene rings is 3. The molecule has 0 atom stereocenters. The second-order valence-corrected chi connectivity index (χ2v) is 25.3. The van der Waals surface area contributed by atoms with E-state index in [1.807, 2.05) is 24.3 Å². The van der Waals surface area contributed by atoms with Gasteiger partial charge in [0.1, 0.15) is 16.1 Å². The molecule has 0 spiro atoms. The summed E-state index contributed by atoms with van der Waals surface area (Å²) in [5, 5.41) is 3.89. The molecule has 0 aliphatic rings. The lowest BCUT2D eigenvalue weighted by molar-refractivity contribution is 0.838. The van der Waals surface area contributed by atoms with Crippen molar-refractivity contribution in [3.05, 3.63) is 35.4 Å². The molecule has 0 aromatic heterocycles. The molecule has 0 aliphatic carbocycles. The van der Waals surface area contributed by atoms with Crippen molar-refractivity contribution in [2.45, 2.75) is 116 Å². The highest BCUT2D eigenvalue weighted by Gasteiger charge is 2.42. The van der Waals surface area contributed by atoms with E-state index in [0.29, 0.717) is 56.0 Å². The average molecular weight is 599 g/mol. The largest absolute Gasteiger partial charge is 0.397 e. The summed E-state index contributed by atoms with van der Waals surface area (Å²) >= 11 is 0. The number of nitrogen functional groups attached to an aromatic ring is 4. The minimum Gasteiger partial charge on any atom is -0.397 e. The molecule has 0 heterocycles.